The van der Waals surface area contributed by atoms with Crippen molar-refractivity contribution in [2.45, 2.75) is 31.9 Å². The minimum atomic E-state index is -0.825. The highest BCUT2D eigenvalue weighted by atomic mass is 16.5. The molecule has 0 aromatic rings. The van der Waals surface area contributed by atoms with Crippen molar-refractivity contribution in [1.82, 2.24) is 5.32 Å². The minimum Gasteiger partial charge on any atom is -0.459 e. The number of esters is 1. The van der Waals surface area contributed by atoms with Crippen LogP contribution in [0.4, 0.5) is 0 Å². The Kier molecular flexibility index (Phi) is 3.88. The zero-order chi connectivity index (χ0) is 10.6. The van der Waals surface area contributed by atoms with Crippen LogP contribution in [0.5, 0.6) is 0 Å². The molecule has 0 spiro atoms. The number of amides is 1. The first-order valence-corrected chi connectivity index (χ1v) is 4.69. The summed E-state index contributed by atoms with van der Waals surface area (Å²) >= 11 is 0. The molecule has 0 aliphatic heterocycles. The monoisotopic (exact) mass is 201 g/mol. The molecule has 5 nitrogen and oxygen atoms in total. The van der Waals surface area contributed by atoms with Gasteiger partial charge in [0.2, 0.25) is 0 Å². The van der Waals surface area contributed by atoms with Crippen LogP contribution in [0, 0.1) is 0 Å². The number of hydrogen-bond acceptors (Lipinski definition) is 4. The molecule has 0 saturated heterocycles. The second-order valence-electron chi connectivity index (χ2n) is 3.15. The third kappa shape index (κ3) is 2.45. The molecule has 5 heteroatoms. The first-order valence-electron chi connectivity index (χ1n) is 4.69. The van der Waals surface area contributed by atoms with Crippen molar-refractivity contribution in [2.75, 3.05) is 13.7 Å². The Hall–Kier alpha value is -1.10. The average molecular weight is 201 g/mol. The maximum atomic E-state index is 11.2. The molecule has 2 atom stereocenters. The number of methoxy groups -OCH3 is 1. The van der Waals surface area contributed by atoms with Gasteiger partial charge in [0.25, 0.3) is 0 Å². The fraction of sp³-hybridized carbons (Fsp3) is 0.778. The largest absolute Gasteiger partial charge is 0.459 e. The topological polar surface area (TPSA) is 64.6 Å². The summed E-state index contributed by atoms with van der Waals surface area (Å²) in [5.41, 5.74) is 0. The van der Waals surface area contributed by atoms with Gasteiger partial charge in [0.05, 0.1) is 18.8 Å². The Bertz CT molecular complexity index is 227. The number of ether oxygens (including phenoxy) is 2. The lowest BCUT2D eigenvalue weighted by Crippen LogP contribution is -2.53. The van der Waals surface area contributed by atoms with E-state index in [1.54, 1.807) is 14.0 Å². The normalized spacial score (nSPS) is 25.0. The van der Waals surface area contributed by atoms with Crippen molar-refractivity contribution in [1.29, 1.82) is 0 Å². The van der Waals surface area contributed by atoms with E-state index in [0.717, 1.165) is 12.8 Å². The maximum Gasteiger partial charge on any atom is 0.396 e. The molecule has 2 unspecified atom stereocenters. The van der Waals surface area contributed by atoms with Crippen molar-refractivity contribution >= 4 is 11.9 Å². The fourth-order valence-electron chi connectivity index (χ4n) is 1.34. The van der Waals surface area contributed by atoms with Crippen LogP contribution in [0.15, 0.2) is 0 Å². The molecule has 0 heterocycles. The van der Waals surface area contributed by atoms with E-state index in [1.807, 2.05) is 0 Å². The number of nitrogens with one attached hydrogen (secondary N) is 1. The van der Waals surface area contributed by atoms with E-state index in [-0.39, 0.29) is 18.8 Å². The Labute approximate surface area is 82.8 Å². The first-order chi connectivity index (χ1) is 6.69. The van der Waals surface area contributed by atoms with Gasteiger partial charge >= 0.3 is 11.9 Å². The van der Waals surface area contributed by atoms with Crippen LogP contribution in [0.3, 0.4) is 0 Å². The highest BCUT2D eigenvalue weighted by Gasteiger charge is 2.33. The third-order valence-electron chi connectivity index (χ3n) is 2.29. The van der Waals surface area contributed by atoms with Crippen LogP contribution in [0.2, 0.25) is 0 Å². The zero-order valence-electron chi connectivity index (χ0n) is 8.41. The predicted molar refractivity (Wildman–Crippen MR) is 48.6 cm³/mol. The number of carbonyl (C=O) groups excluding carboxylic acids is 2. The summed E-state index contributed by atoms with van der Waals surface area (Å²) in [6.45, 7) is 1.87. The summed E-state index contributed by atoms with van der Waals surface area (Å²) < 4.78 is 9.62. The number of hydrogen-bond donors (Lipinski definition) is 1. The SMILES string of the molecule is CCOC(=O)C(=O)NC1CCC1OC. The molecule has 1 N–H and O–H groups in total. The lowest BCUT2D eigenvalue weighted by atomic mass is 9.89. The van der Waals surface area contributed by atoms with Crippen molar-refractivity contribution in [3.05, 3.63) is 0 Å². The van der Waals surface area contributed by atoms with Crippen LogP contribution in [0.1, 0.15) is 19.8 Å². The van der Waals surface area contributed by atoms with E-state index < -0.39 is 11.9 Å². The van der Waals surface area contributed by atoms with Crippen molar-refractivity contribution in [2.24, 2.45) is 0 Å². The summed E-state index contributed by atoms with van der Waals surface area (Å²) in [6, 6.07) is -0.0445. The van der Waals surface area contributed by atoms with E-state index in [4.69, 9.17) is 4.74 Å². The summed E-state index contributed by atoms with van der Waals surface area (Å²) in [5, 5.41) is 2.56. The average Bonchev–Trinajstić information content (AvgIpc) is 2.13. The van der Waals surface area contributed by atoms with Crippen LogP contribution >= 0.6 is 0 Å². The summed E-state index contributed by atoms with van der Waals surface area (Å²) in [5.74, 6) is -1.51. The standard InChI is InChI=1S/C9H15NO4/c1-3-14-9(12)8(11)10-6-4-5-7(6)13-2/h6-7H,3-5H2,1-2H3,(H,10,11). The molecule has 14 heavy (non-hydrogen) atoms. The fourth-order valence-corrected chi connectivity index (χ4v) is 1.34. The molecule has 0 radical (unpaired) electrons. The third-order valence-corrected chi connectivity index (χ3v) is 2.29. The number of carbonyl (C=O) groups is 2. The molecule has 80 valence electrons. The molecule has 1 saturated carbocycles. The molecule has 1 aliphatic rings. The van der Waals surface area contributed by atoms with Gasteiger partial charge in [-0.05, 0) is 19.8 Å². The van der Waals surface area contributed by atoms with Gasteiger partial charge in [0, 0.05) is 7.11 Å². The second-order valence-corrected chi connectivity index (χ2v) is 3.15. The van der Waals surface area contributed by atoms with Crippen LogP contribution in [-0.4, -0.2) is 37.7 Å². The van der Waals surface area contributed by atoms with E-state index in [1.165, 1.54) is 0 Å². The molecular weight excluding hydrogens is 186 g/mol. The van der Waals surface area contributed by atoms with E-state index in [9.17, 15) is 9.59 Å². The van der Waals surface area contributed by atoms with Gasteiger partial charge in [0.15, 0.2) is 0 Å². The Morgan fingerprint density at radius 3 is 2.57 bits per heavy atom. The maximum absolute atomic E-state index is 11.2. The molecule has 1 amide bonds. The van der Waals surface area contributed by atoms with Crippen molar-refractivity contribution < 1.29 is 19.1 Å². The van der Waals surface area contributed by atoms with Crippen molar-refractivity contribution in [3.63, 3.8) is 0 Å². The summed E-state index contributed by atoms with van der Waals surface area (Å²) in [6.07, 6.45) is 1.81. The Morgan fingerprint density at radius 2 is 2.14 bits per heavy atom. The van der Waals surface area contributed by atoms with Gasteiger partial charge in [-0.25, -0.2) is 4.79 Å². The second kappa shape index (κ2) is 4.95. The Balaban J connectivity index is 2.30. The van der Waals surface area contributed by atoms with Gasteiger partial charge in [-0.3, -0.25) is 4.79 Å². The van der Waals surface area contributed by atoms with Crippen molar-refractivity contribution in [3.8, 4) is 0 Å². The predicted octanol–water partition coefficient (Wildman–Crippen LogP) is -0.157. The molecule has 0 aromatic heterocycles. The number of rotatable bonds is 3. The Morgan fingerprint density at radius 1 is 1.43 bits per heavy atom. The zero-order valence-corrected chi connectivity index (χ0v) is 8.41. The molecule has 1 aliphatic carbocycles. The lowest BCUT2D eigenvalue weighted by Gasteiger charge is -2.35. The van der Waals surface area contributed by atoms with Gasteiger partial charge in [0.1, 0.15) is 0 Å². The smallest absolute Gasteiger partial charge is 0.396 e. The quantitative estimate of drug-likeness (QED) is 0.509. The highest BCUT2D eigenvalue weighted by Crippen LogP contribution is 2.22. The molecular formula is C9H15NO4. The van der Waals surface area contributed by atoms with E-state index in [0.29, 0.717) is 0 Å². The summed E-state index contributed by atoms with van der Waals surface area (Å²) in [4.78, 5) is 22.1. The molecule has 0 bridgehead atoms. The first kappa shape index (κ1) is 11.0. The lowest BCUT2D eigenvalue weighted by molar-refractivity contribution is -0.155. The van der Waals surface area contributed by atoms with Crippen LogP contribution in [0.25, 0.3) is 0 Å². The van der Waals surface area contributed by atoms with Crippen LogP contribution < -0.4 is 5.32 Å². The molecule has 1 fully saturated rings. The molecule has 1 rings (SSSR count). The van der Waals surface area contributed by atoms with Gasteiger partial charge in [-0.15, -0.1) is 0 Å². The van der Waals surface area contributed by atoms with Gasteiger partial charge < -0.3 is 14.8 Å². The van der Waals surface area contributed by atoms with Crippen LogP contribution in [-0.2, 0) is 19.1 Å². The van der Waals surface area contributed by atoms with Gasteiger partial charge in [-0.1, -0.05) is 0 Å². The summed E-state index contributed by atoms with van der Waals surface area (Å²) in [7, 11) is 1.59. The minimum absolute atomic E-state index is 0.0355. The highest BCUT2D eigenvalue weighted by molar-refractivity contribution is 6.32. The van der Waals surface area contributed by atoms with E-state index >= 15 is 0 Å². The van der Waals surface area contributed by atoms with Gasteiger partial charge in [-0.2, -0.15) is 0 Å². The molecule has 0 aromatic carbocycles. The van der Waals surface area contributed by atoms with E-state index in [2.05, 4.69) is 10.1 Å².